The highest BCUT2D eigenvalue weighted by atomic mass is 16.6. The number of carbonyl (C=O) groups is 2. The fourth-order valence-corrected chi connectivity index (χ4v) is 3.54. The Morgan fingerprint density at radius 3 is 2.50 bits per heavy atom. The fraction of sp³-hybridized carbons (Fsp3) is 0.591. The van der Waals surface area contributed by atoms with Crippen molar-refractivity contribution < 1.29 is 14.3 Å². The number of rotatable bonds is 4. The summed E-state index contributed by atoms with van der Waals surface area (Å²) in [4.78, 5) is 29.1. The molecule has 1 saturated heterocycles. The van der Waals surface area contributed by atoms with Crippen molar-refractivity contribution in [3.8, 4) is 6.07 Å². The van der Waals surface area contributed by atoms with Crippen molar-refractivity contribution in [2.24, 2.45) is 5.92 Å². The van der Waals surface area contributed by atoms with Crippen LogP contribution in [-0.4, -0.2) is 47.0 Å². The minimum Gasteiger partial charge on any atom is -0.444 e. The molecule has 0 radical (unpaired) electrons. The number of benzene rings is 1. The molecule has 1 fully saturated rings. The molecule has 1 aliphatic heterocycles. The van der Waals surface area contributed by atoms with Crippen LogP contribution in [-0.2, 0) is 9.53 Å². The Morgan fingerprint density at radius 1 is 1.32 bits per heavy atom. The summed E-state index contributed by atoms with van der Waals surface area (Å²) in [5, 5.41) is 8.96. The summed E-state index contributed by atoms with van der Waals surface area (Å²) in [6.07, 6.45) is 1.21. The molecule has 152 valence electrons. The number of nitriles is 1. The largest absolute Gasteiger partial charge is 0.444 e. The van der Waals surface area contributed by atoms with Crippen LogP contribution in [0, 0.1) is 17.2 Å². The Balaban J connectivity index is 2.08. The van der Waals surface area contributed by atoms with Crippen molar-refractivity contribution in [3.05, 3.63) is 35.4 Å². The van der Waals surface area contributed by atoms with E-state index in [-0.39, 0.29) is 24.0 Å². The molecule has 0 aromatic heterocycles. The minimum absolute atomic E-state index is 0.0626. The van der Waals surface area contributed by atoms with Crippen LogP contribution in [0.15, 0.2) is 24.3 Å². The van der Waals surface area contributed by atoms with Gasteiger partial charge in [-0.15, -0.1) is 0 Å². The Bertz CT molecular complexity index is 731. The first-order valence-corrected chi connectivity index (χ1v) is 9.94. The van der Waals surface area contributed by atoms with Gasteiger partial charge in [-0.25, -0.2) is 4.79 Å². The molecule has 0 saturated carbocycles. The summed E-state index contributed by atoms with van der Waals surface area (Å²) in [5.74, 6) is -0.158. The highest BCUT2D eigenvalue weighted by molar-refractivity contribution is 5.80. The average molecular weight is 386 g/mol. The van der Waals surface area contributed by atoms with Crippen molar-refractivity contribution in [2.45, 2.75) is 59.1 Å². The number of hydrogen-bond donors (Lipinski definition) is 0. The van der Waals surface area contributed by atoms with Gasteiger partial charge < -0.3 is 14.5 Å². The van der Waals surface area contributed by atoms with Crippen LogP contribution in [0.25, 0.3) is 0 Å². The molecule has 1 aromatic rings. The van der Waals surface area contributed by atoms with Crippen molar-refractivity contribution in [3.63, 3.8) is 0 Å². The summed E-state index contributed by atoms with van der Waals surface area (Å²) in [5.41, 5.74) is 1.05. The third-order valence-electron chi connectivity index (χ3n) is 5.04. The maximum absolute atomic E-state index is 13.2. The molecule has 0 bridgehead atoms. The zero-order valence-electron chi connectivity index (χ0n) is 17.6. The van der Waals surface area contributed by atoms with Gasteiger partial charge in [0.15, 0.2) is 0 Å². The van der Waals surface area contributed by atoms with Gasteiger partial charge in [0.05, 0.1) is 23.6 Å². The summed E-state index contributed by atoms with van der Waals surface area (Å²) in [6.45, 7) is 11.1. The van der Waals surface area contributed by atoms with E-state index in [1.54, 1.807) is 17.0 Å². The molecule has 6 nitrogen and oxygen atoms in total. The fourth-order valence-electron chi connectivity index (χ4n) is 3.54. The van der Waals surface area contributed by atoms with E-state index < -0.39 is 5.60 Å². The highest BCUT2D eigenvalue weighted by Gasteiger charge is 2.34. The van der Waals surface area contributed by atoms with Gasteiger partial charge in [0, 0.05) is 19.6 Å². The van der Waals surface area contributed by atoms with E-state index in [4.69, 9.17) is 10.00 Å². The molecular formula is C22H31N3O3. The molecule has 2 unspecified atom stereocenters. The predicted molar refractivity (Wildman–Crippen MR) is 107 cm³/mol. The van der Waals surface area contributed by atoms with Crippen LogP contribution < -0.4 is 0 Å². The SMILES string of the molecule is CCN(C(=O)C1CCCN(C(=O)OC(C)(C)C)C1)C(C)c1ccc(C#N)cc1. The van der Waals surface area contributed by atoms with Gasteiger partial charge in [-0.05, 0) is 65.2 Å². The van der Waals surface area contributed by atoms with Gasteiger partial charge in [-0.1, -0.05) is 12.1 Å². The van der Waals surface area contributed by atoms with Crippen LogP contribution in [0.4, 0.5) is 4.79 Å². The maximum atomic E-state index is 13.2. The summed E-state index contributed by atoms with van der Waals surface area (Å²) in [7, 11) is 0. The van der Waals surface area contributed by atoms with Gasteiger partial charge in [-0.2, -0.15) is 5.26 Å². The maximum Gasteiger partial charge on any atom is 0.410 e. The molecule has 6 heteroatoms. The van der Waals surface area contributed by atoms with E-state index >= 15 is 0 Å². The molecule has 1 aliphatic rings. The van der Waals surface area contributed by atoms with Gasteiger partial charge in [-0.3, -0.25) is 4.79 Å². The van der Waals surface area contributed by atoms with E-state index in [0.29, 0.717) is 25.2 Å². The van der Waals surface area contributed by atoms with E-state index in [2.05, 4.69) is 6.07 Å². The topological polar surface area (TPSA) is 73.6 Å². The van der Waals surface area contributed by atoms with Crippen molar-refractivity contribution in [1.82, 2.24) is 9.80 Å². The third-order valence-corrected chi connectivity index (χ3v) is 5.04. The molecule has 2 atom stereocenters. The van der Waals surface area contributed by atoms with Crippen LogP contribution in [0.2, 0.25) is 0 Å². The molecule has 1 aromatic carbocycles. The molecule has 0 N–H and O–H groups in total. The Labute approximate surface area is 168 Å². The molecule has 0 aliphatic carbocycles. The number of likely N-dealkylation sites (tertiary alicyclic amines) is 1. The van der Waals surface area contributed by atoms with Crippen molar-refractivity contribution >= 4 is 12.0 Å². The first-order valence-electron chi connectivity index (χ1n) is 9.94. The first-order chi connectivity index (χ1) is 13.2. The number of carbonyl (C=O) groups excluding carboxylic acids is 2. The lowest BCUT2D eigenvalue weighted by Crippen LogP contribution is -2.48. The molecule has 28 heavy (non-hydrogen) atoms. The van der Waals surface area contributed by atoms with Crippen LogP contribution in [0.3, 0.4) is 0 Å². The zero-order chi connectivity index (χ0) is 20.9. The lowest BCUT2D eigenvalue weighted by atomic mass is 9.95. The molecule has 2 rings (SSSR count). The number of piperidine rings is 1. The van der Waals surface area contributed by atoms with Crippen LogP contribution in [0.1, 0.15) is 64.6 Å². The van der Waals surface area contributed by atoms with Crippen LogP contribution in [0.5, 0.6) is 0 Å². The summed E-state index contributed by atoms with van der Waals surface area (Å²) < 4.78 is 5.47. The lowest BCUT2D eigenvalue weighted by Gasteiger charge is -2.37. The second kappa shape index (κ2) is 9.09. The number of ether oxygens (including phenoxy) is 1. The standard InChI is InChI=1S/C22H31N3O3/c1-6-25(16(2)18-11-9-17(14-23)10-12-18)20(26)19-8-7-13-24(15-19)21(27)28-22(3,4)5/h9-12,16,19H,6-8,13,15H2,1-5H3. The minimum atomic E-state index is -0.548. The Kier molecular flexibility index (Phi) is 7.06. The molecule has 1 heterocycles. The van der Waals surface area contributed by atoms with Gasteiger partial charge in [0.2, 0.25) is 5.91 Å². The smallest absolute Gasteiger partial charge is 0.410 e. The third kappa shape index (κ3) is 5.48. The average Bonchev–Trinajstić information content (AvgIpc) is 2.67. The second-order valence-corrected chi connectivity index (χ2v) is 8.30. The monoisotopic (exact) mass is 385 g/mol. The lowest BCUT2D eigenvalue weighted by molar-refractivity contribution is -0.139. The first kappa shape index (κ1) is 21.7. The Hall–Kier alpha value is -2.55. The van der Waals surface area contributed by atoms with E-state index in [1.165, 1.54) is 0 Å². The van der Waals surface area contributed by atoms with Gasteiger partial charge in [0.1, 0.15) is 5.60 Å². The molecule has 0 spiro atoms. The highest BCUT2D eigenvalue weighted by Crippen LogP contribution is 2.26. The quantitative estimate of drug-likeness (QED) is 0.782. The van der Waals surface area contributed by atoms with E-state index in [9.17, 15) is 9.59 Å². The van der Waals surface area contributed by atoms with E-state index in [1.807, 2.05) is 51.7 Å². The van der Waals surface area contributed by atoms with Gasteiger partial charge in [0.25, 0.3) is 0 Å². The Morgan fingerprint density at radius 2 is 1.96 bits per heavy atom. The zero-order valence-corrected chi connectivity index (χ0v) is 17.6. The summed E-state index contributed by atoms with van der Waals surface area (Å²) >= 11 is 0. The molecular weight excluding hydrogens is 354 g/mol. The normalized spacial score (nSPS) is 18.1. The number of hydrogen-bond acceptors (Lipinski definition) is 4. The second-order valence-electron chi connectivity index (χ2n) is 8.30. The summed E-state index contributed by atoms with van der Waals surface area (Å²) in [6, 6.07) is 9.35. The van der Waals surface area contributed by atoms with E-state index in [0.717, 1.165) is 18.4 Å². The van der Waals surface area contributed by atoms with Gasteiger partial charge >= 0.3 is 6.09 Å². The van der Waals surface area contributed by atoms with Crippen molar-refractivity contribution in [1.29, 1.82) is 5.26 Å². The van der Waals surface area contributed by atoms with Crippen LogP contribution >= 0.6 is 0 Å². The van der Waals surface area contributed by atoms with Crippen molar-refractivity contribution in [2.75, 3.05) is 19.6 Å². The number of amides is 2. The molecule has 2 amide bonds. The number of nitrogens with zero attached hydrogens (tertiary/aromatic N) is 3. The predicted octanol–water partition coefficient (Wildman–Crippen LogP) is 4.11.